The summed E-state index contributed by atoms with van der Waals surface area (Å²) >= 11 is 1.71. The van der Waals surface area contributed by atoms with Gasteiger partial charge in [0.2, 0.25) is 17.7 Å². The Labute approximate surface area is 212 Å². The van der Waals surface area contributed by atoms with Crippen LogP contribution in [0.25, 0.3) is 0 Å². The van der Waals surface area contributed by atoms with E-state index in [1.54, 1.807) is 16.7 Å². The van der Waals surface area contributed by atoms with Gasteiger partial charge in [-0.05, 0) is 57.1 Å². The van der Waals surface area contributed by atoms with Crippen LogP contribution >= 0.6 is 11.8 Å². The summed E-state index contributed by atoms with van der Waals surface area (Å²) in [6, 6.07) is 8.82. The summed E-state index contributed by atoms with van der Waals surface area (Å²) in [5, 5.41) is 15.4. The predicted octanol–water partition coefficient (Wildman–Crippen LogP) is 3.43. The summed E-state index contributed by atoms with van der Waals surface area (Å²) in [4.78, 5) is 43.0. The first-order valence-electron chi connectivity index (χ1n) is 13.1. The van der Waals surface area contributed by atoms with Crippen molar-refractivity contribution in [2.24, 2.45) is 17.8 Å². The molecule has 192 valence electrons. The van der Waals surface area contributed by atoms with Crippen LogP contribution in [-0.4, -0.2) is 63.0 Å². The summed E-state index contributed by atoms with van der Waals surface area (Å²) in [6.07, 6.45) is 4.88. The number of nitrogens with zero attached hydrogens (tertiary/aromatic N) is 1. The van der Waals surface area contributed by atoms with Gasteiger partial charge in [0.1, 0.15) is 6.04 Å². The number of rotatable bonds is 11. The van der Waals surface area contributed by atoms with Gasteiger partial charge < -0.3 is 20.6 Å². The quantitative estimate of drug-likeness (QED) is 0.404. The standard InChI is InChI=1S/C27H39N3O4S/c1-4-11-18(3)28-25(33)23-27-17(2)16-20(35-27)21(24(32)29-19-12-7-5-8-13-19)22(27)26(34)30(23)14-9-6-10-15-31/h5,7-8,12-13,17-18,20-23,31H,4,6,9-11,14-16H2,1-3H3,(H,28,33)(H,29,32)/t17?,18?,20-,21+,22-,23?,27?/m0/s1. The number of benzene rings is 1. The maximum atomic E-state index is 14.0. The van der Waals surface area contributed by atoms with Crippen LogP contribution in [0.4, 0.5) is 5.69 Å². The highest BCUT2D eigenvalue weighted by Crippen LogP contribution is 2.68. The number of thioether (sulfide) groups is 1. The highest BCUT2D eigenvalue weighted by atomic mass is 32.2. The summed E-state index contributed by atoms with van der Waals surface area (Å²) < 4.78 is -0.590. The van der Waals surface area contributed by atoms with E-state index < -0.39 is 22.6 Å². The van der Waals surface area contributed by atoms with Crippen LogP contribution in [0, 0.1) is 17.8 Å². The van der Waals surface area contributed by atoms with E-state index in [2.05, 4.69) is 24.5 Å². The van der Waals surface area contributed by atoms with E-state index in [1.165, 1.54) is 0 Å². The first-order chi connectivity index (χ1) is 16.8. The second kappa shape index (κ2) is 10.9. The molecule has 3 aliphatic rings. The molecule has 3 saturated heterocycles. The molecule has 0 radical (unpaired) electrons. The molecule has 3 heterocycles. The number of aliphatic hydroxyl groups is 1. The zero-order chi connectivity index (χ0) is 25.2. The molecule has 0 saturated carbocycles. The lowest BCUT2D eigenvalue weighted by molar-refractivity contribution is -0.139. The molecule has 3 N–H and O–H groups in total. The molecule has 4 unspecified atom stereocenters. The van der Waals surface area contributed by atoms with Crippen LogP contribution in [0.3, 0.4) is 0 Å². The largest absolute Gasteiger partial charge is 0.396 e. The van der Waals surface area contributed by atoms with Crippen LogP contribution < -0.4 is 10.6 Å². The summed E-state index contributed by atoms with van der Waals surface area (Å²) in [5.41, 5.74) is 0.723. The number of carbonyl (C=O) groups excluding carboxylic acids is 3. The van der Waals surface area contributed by atoms with Crippen LogP contribution in [0.15, 0.2) is 30.3 Å². The highest BCUT2D eigenvalue weighted by molar-refractivity contribution is 8.02. The van der Waals surface area contributed by atoms with Crippen molar-refractivity contribution < 1.29 is 19.5 Å². The normalized spacial score (nSPS) is 31.9. The molecule has 35 heavy (non-hydrogen) atoms. The second-order valence-electron chi connectivity index (χ2n) is 10.4. The fraction of sp³-hybridized carbons (Fsp3) is 0.667. The van der Waals surface area contributed by atoms with Crippen molar-refractivity contribution in [1.82, 2.24) is 10.2 Å². The summed E-state index contributed by atoms with van der Waals surface area (Å²) in [7, 11) is 0. The molecule has 3 fully saturated rings. The van der Waals surface area contributed by atoms with Crippen molar-refractivity contribution in [2.45, 2.75) is 81.4 Å². The third-order valence-corrected chi connectivity index (χ3v) is 10.1. The minimum atomic E-state index is -0.590. The van der Waals surface area contributed by atoms with Crippen LogP contribution in [0.2, 0.25) is 0 Å². The Kier molecular flexibility index (Phi) is 8.11. The lowest BCUT2D eigenvalue weighted by Gasteiger charge is -2.39. The van der Waals surface area contributed by atoms with Crippen molar-refractivity contribution >= 4 is 35.2 Å². The number of carbonyl (C=O) groups is 3. The van der Waals surface area contributed by atoms with Crippen molar-refractivity contribution in [2.75, 3.05) is 18.5 Å². The molecular weight excluding hydrogens is 462 g/mol. The third-order valence-electron chi connectivity index (χ3n) is 8.01. The Morgan fingerprint density at radius 1 is 1.20 bits per heavy atom. The minimum absolute atomic E-state index is 0.0302. The Hall–Kier alpha value is -2.06. The van der Waals surface area contributed by atoms with E-state index >= 15 is 0 Å². The SMILES string of the molecule is CCCC(C)NC(=O)C1N(CCCCCO)C(=O)[C@@H]2[C@H](C(=O)Nc3ccccc3)[C@@H]3CC(C)C12S3. The van der Waals surface area contributed by atoms with Gasteiger partial charge in [0.25, 0.3) is 0 Å². The number of nitrogens with one attached hydrogen (secondary N) is 2. The smallest absolute Gasteiger partial charge is 0.244 e. The van der Waals surface area contributed by atoms with E-state index in [9.17, 15) is 19.5 Å². The topological polar surface area (TPSA) is 98.7 Å². The monoisotopic (exact) mass is 501 g/mol. The molecule has 7 nitrogen and oxygen atoms in total. The number of likely N-dealkylation sites (tertiary alicyclic amines) is 1. The number of unbranched alkanes of at least 4 members (excludes halogenated alkanes) is 2. The van der Waals surface area contributed by atoms with E-state index in [0.717, 1.165) is 37.8 Å². The number of hydrogen-bond donors (Lipinski definition) is 3. The van der Waals surface area contributed by atoms with Crippen molar-refractivity contribution in [3.63, 3.8) is 0 Å². The number of hydrogen-bond acceptors (Lipinski definition) is 5. The molecular formula is C27H39N3O4S. The van der Waals surface area contributed by atoms with Gasteiger partial charge >= 0.3 is 0 Å². The zero-order valence-corrected chi connectivity index (χ0v) is 21.9. The Morgan fingerprint density at radius 3 is 2.63 bits per heavy atom. The number of anilines is 1. The average Bonchev–Trinajstić information content (AvgIpc) is 3.41. The highest BCUT2D eigenvalue weighted by Gasteiger charge is 2.75. The second-order valence-corrected chi connectivity index (χ2v) is 12.0. The molecule has 7 atom stereocenters. The third kappa shape index (κ3) is 4.71. The average molecular weight is 502 g/mol. The molecule has 1 spiro atoms. The minimum Gasteiger partial charge on any atom is -0.396 e. The molecule has 0 aromatic heterocycles. The molecule has 0 aliphatic carbocycles. The van der Waals surface area contributed by atoms with E-state index in [1.807, 2.05) is 37.3 Å². The number of aliphatic hydroxyl groups excluding tert-OH is 1. The van der Waals surface area contributed by atoms with Gasteiger partial charge in [0.05, 0.1) is 16.6 Å². The Bertz CT molecular complexity index is 928. The van der Waals surface area contributed by atoms with Gasteiger partial charge in [-0.25, -0.2) is 0 Å². The number of amides is 3. The van der Waals surface area contributed by atoms with Gasteiger partial charge in [-0.15, -0.1) is 11.8 Å². The molecule has 1 aromatic rings. The molecule has 3 aliphatic heterocycles. The Balaban J connectivity index is 1.64. The van der Waals surface area contributed by atoms with Crippen molar-refractivity contribution in [3.05, 3.63) is 30.3 Å². The van der Waals surface area contributed by atoms with Crippen molar-refractivity contribution in [1.29, 1.82) is 0 Å². The van der Waals surface area contributed by atoms with Gasteiger partial charge in [-0.3, -0.25) is 14.4 Å². The molecule has 4 rings (SSSR count). The maximum absolute atomic E-state index is 14.0. The van der Waals surface area contributed by atoms with Gasteiger partial charge in [0, 0.05) is 30.1 Å². The molecule has 1 aromatic carbocycles. The lowest BCUT2D eigenvalue weighted by Crippen LogP contribution is -2.57. The van der Waals surface area contributed by atoms with E-state index in [4.69, 9.17) is 0 Å². The molecule has 3 amide bonds. The van der Waals surface area contributed by atoms with Gasteiger partial charge in [-0.1, -0.05) is 38.5 Å². The fourth-order valence-corrected chi connectivity index (χ4v) is 8.93. The Morgan fingerprint density at radius 2 is 1.94 bits per heavy atom. The first-order valence-corrected chi connectivity index (χ1v) is 14.0. The zero-order valence-electron chi connectivity index (χ0n) is 21.0. The lowest BCUT2D eigenvalue weighted by atomic mass is 9.65. The van der Waals surface area contributed by atoms with E-state index in [0.29, 0.717) is 13.0 Å². The van der Waals surface area contributed by atoms with E-state index in [-0.39, 0.29) is 41.5 Å². The van der Waals surface area contributed by atoms with Crippen LogP contribution in [0.5, 0.6) is 0 Å². The number of fused-ring (bicyclic) bond motifs is 1. The predicted molar refractivity (Wildman–Crippen MR) is 139 cm³/mol. The van der Waals surface area contributed by atoms with Crippen LogP contribution in [-0.2, 0) is 14.4 Å². The van der Waals surface area contributed by atoms with Crippen molar-refractivity contribution in [3.8, 4) is 0 Å². The molecule has 2 bridgehead atoms. The van der Waals surface area contributed by atoms with Gasteiger partial charge in [0.15, 0.2) is 0 Å². The molecule has 8 heteroatoms. The maximum Gasteiger partial charge on any atom is 0.244 e. The summed E-state index contributed by atoms with van der Waals surface area (Å²) in [5.74, 6) is -1.07. The number of para-hydroxylation sites is 1. The van der Waals surface area contributed by atoms with Crippen LogP contribution in [0.1, 0.15) is 59.3 Å². The fourth-order valence-electron chi connectivity index (χ4n) is 6.50. The first kappa shape index (κ1) is 26.0. The van der Waals surface area contributed by atoms with Gasteiger partial charge in [-0.2, -0.15) is 0 Å². The summed E-state index contributed by atoms with van der Waals surface area (Å²) in [6.45, 7) is 6.84.